The summed E-state index contributed by atoms with van der Waals surface area (Å²) in [6, 6.07) is 3.59. The Bertz CT molecular complexity index is 464. The zero-order chi connectivity index (χ0) is 12.2. The predicted molar refractivity (Wildman–Crippen MR) is 61.7 cm³/mol. The topological polar surface area (TPSA) is 72.5 Å². The van der Waals surface area contributed by atoms with Gasteiger partial charge in [0.05, 0.1) is 19.8 Å². The zero-order valence-corrected chi connectivity index (χ0v) is 10.7. The number of esters is 1. The van der Waals surface area contributed by atoms with Gasteiger partial charge < -0.3 is 4.74 Å². The van der Waals surface area contributed by atoms with Crippen molar-refractivity contribution in [3.63, 3.8) is 0 Å². The van der Waals surface area contributed by atoms with Crippen LogP contribution in [0.3, 0.4) is 0 Å². The first kappa shape index (κ1) is 13.1. The molecule has 5 nitrogen and oxygen atoms in total. The third-order valence-electron chi connectivity index (χ3n) is 1.77. The molecule has 0 bridgehead atoms. The molecule has 0 unspecified atom stereocenters. The molecule has 1 aromatic heterocycles. The maximum absolute atomic E-state index is 11.0. The van der Waals surface area contributed by atoms with Crippen molar-refractivity contribution in [1.82, 2.24) is 4.72 Å². The van der Waals surface area contributed by atoms with Gasteiger partial charge in [-0.2, -0.15) is 0 Å². The van der Waals surface area contributed by atoms with Gasteiger partial charge >= 0.3 is 5.97 Å². The van der Waals surface area contributed by atoms with Gasteiger partial charge in [-0.05, 0) is 12.1 Å². The van der Waals surface area contributed by atoms with Gasteiger partial charge in [0.1, 0.15) is 0 Å². The molecule has 0 aliphatic heterocycles. The Morgan fingerprint density at radius 1 is 1.44 bits per heavy atom. The van der Waals surface area contributed by atoms with Crippen LogP contribution in [0.5, 0.6) is 0 Å². The normalized spacial score (nSPS) is 11.4. The van der Waals surface area contributed by atoms with Crippen LogP contribution in [0.25, 0.3) is 0 Å². The number of ether oxygens (including phenoxy) is 1. The minimum Gasteiger partial charge on any atom is -0.469 e. The van der Waals surface area contributed by atoms with Crippen LogP contribution in [0.4, 0.5) is 0 Å². The van der Waals surface area contributed by atoms with Crippen LogP contribution in [0, 0.1) is 0 Å². The number of carbonyl (C=O) groups is 1. The fraction of sp³-hybridized carbons (Fsp3) is 0.444. The standard InChI is InChI=1S/C9H13NO4S2/c1-14-9(11)5-7-3-4-8(15-7)6-10-16(2,12)13/h3-4,10H,5-6H2,1-2H3. The Balaban J connectivity index is 2.55. The van der Waals surface area contributed by atoms with Crippen LogP contribution >= 0.6 is 11.3 Å². The molecular formula is C9H13NO4S2. The molecule has 0 aliphatic carbocycles. The summed E-state index contributed by atoms with van der Waals surface area (Å²) in [7, 11) is -1.84. The highest BCUT2D eigenvalue weighted by molar-refractivity contribution is 7.88. The minimum atomic E-state index is -3.18. The summed E-state index contributed by atoms with van der Waals surface area (Å²) in [4.78, 5) is 12.7. The first-order valence-electron chi connectivity index (χ1n) is 4.50. The first-order valence-corrected chi connectivity index (χ1v) is 7.20. The van der Waals surface area contributed by atoms with Gasteiger partial charge in [0, 0.05) is 16.3 Å². The molecule has 90 valence electrons. The number of hydrogen-bond donors (Lipinski definition) is 1. The Labute approximate surface area is 98.5 Å². The Hall–Kier alpha value is -0.920. The van der Waals surface area contributed by atoms with Gasteiger partial charge in [0.15, 0.2) is 0 Å². The Kier molecular flexibility index (Phi) is 4.45. The molecule has 0 radical (unpaired) electrons. The van der Waals surface area contributed by atoms with E-state index in [0.717, 1.165) is 16.0 Å². The number of thiophene rings is 1. The maximum atomic E-state index is 11.0. The summed E-state index contributed by atoms with van der Waals surface area (Å²) >= 11 is 1.39. The smallest absolute Gasteiger partial charge is 0.310 e. The van der Waals surface area contributed by atoms with Crippen molar-refractivity contribution in [2.75, 3.05) is 13.4 Å². The monoisotopic (exact) mass is 263 g/mol. The zero-order valence-electron chi connectivity index (χ0n) is 9.02. The van der Waals surface area contributed by atoms with E-state index in [1.165, 1.54) is 18.4 Å². The van der Waals surface area contributed by atoms with Gasteiger partial charge in [0.25, 0.3) is 0 Å². The molecule has 1 aromatic rings. The number of rotatable bonds is 5. The molecule has 7 heteroatoms. The molecule has 0 spiro atoms. The van der Waals surface area contributed by atoms with Crippen molar-refractivity contribution in [3.05, 3.63) is 21.9 Å². The average molecular weight is 263 g/mol. The van der Waals surface area contributed by atoms with Crippen LogP contribution in [0.2, 0.25) is 0 Å². The Morgan fingerprint density at radius 3 is 2.62 bits per heavy atom. The second-order valence-electron chi connectivity index (χ2n) is 3.21. The highest BCUT2D eigenvalue weighted by Gasteiger charge is 2.07. The van der Waals surface area contributed by atoms with Gasteiger partial charge in [-0.3, -0.25) is 4.79 Å². The molecule has 0 saturated heterocycles. The van der Waals surface area contributed by atoms with E-state index in [9.17, 15) is 13.2 Å². The summed E-state index contributed by atoms with van der Waals surface area (Å²) in [6.45, 7) is 0.255. The van der Waals surface area contributed by atoms with Crippen molar-refractivity contribution < 1.29 is 17.9 Å². The van der Waals surface area contributed by atoms with Gasteiger partial charge in [0.2, 0.25) is 10.0 Å². The van der Waals surface area contributed by atoms with E-state index < -0.39 is 10.0 Å². The lowest BCUT2D eigenvalue weighted by Gasteiger charge is -1.98. The molecule has 16 heavy (non-hydrogen) atoms. The number of sulfonamides is 1. The third-order valence-corrected chi connectivity index (χ3v) is 3.53. The fourth-order valence-corrected chi connectivity index (χ4v) is 2.48. The molecule has 0 atom stereocenters. The lowest BCUT2D eigenvalue weighted by atomic mass is 10.3. The molecular weight excluding hydrogens is 250 g/mol. The number of carbonyl (C=O) groups excluding carboxylic acids is 1. The molecule has 0 fully saturated rings. The molecule has 0 saturated carbocycles. The second kappa shape index (κ2) is 5.42. The lowest BCUT2D eigenvalue weighted by Crippen LogP contribution is -2.20. The van der Waals surface area contributed by atoms with Crippen LogP contribution in [-0.2, 0) is 32.5 Å². The largest absolute Gasteiger partial charge is 0.469 e. The molecule has 1 rings (SSSR count). The van der Waals surface area contributed by atoms with E-state index in [2.05, 4.69) is 9.46 Å². The van der Waals surface area contributed by atoms with Crippen molar-refractivity contribution in [1.29, 1.82) is 0 Å². The minimum absolute atomic E-state index is 0.222. The van der Waals surface area contributed by atoms with Crippen molar-refractivity contribution in [3.8, 4) is 0 Å². The SMILES string of the molecule is COC(=O)Cc1ccc(CNS(C)(=O)=O)s1. The molecule has 1 N–H and O–H groups in total. The Morgan fingerprint density at radius 2 is 2.06 bits per heavy atom. The molecule has 0 aliphatic rings. The van der Waals surface area contributed by atoms with Gasteiger partial charge in [-0.25, -0.2) is 13.1 Å². The summed E-state index contributed by atoms with van der Waals surface area (Å²) in [6.07, 6.45) is 1.33. The highest BCUT2D eigenvalue weighted by atomic mass is 32.2. The van der Waals surface area contributed by atoms with Crippen molar-refractivity contribution in [2.24, 2.45) is 0 Å². The summed E-state index contributed by atoms with van der Waals surface area (Å²) in [5.74, 6) is -0.301. The van der Waals surface area contributed by atoms with Crippen molar-refractivity contribution in [2.45, 2.75) is 13.0 Å². The van der Waals surface area contributed by atoms with E-state index in [1.54, 1.807) is 12.1 Å². The van der Waals surface area contributed by atoms with E-state index >= 15 is 0 Å². The van der Waals surface area contributed by atoms with Crippen LogP contribution in [0.15, 0.2) is 12.1 Å². The third kappa shape index (κ3) is 4.73. The number of methoxy groups -OCH3 is 1. The second-order valence-corrected chi connectivity index (χ2v) is 6.30. The van der Waals surface area contributed by atoms with Crippen LogP contribution in [0.1, 0.15) is 9.75 Å². The molecule has 0 amide bonds. The van der Waals surface area contributed by atoms with Crippen molar-refractivity contribution >= 4 is 27.3 Å². The van der Waals surface area contributed by atoms with Gasteiger partial charge in [-0.15, -0.1) is 11.3 Å². The van der Waals surface area contributed by atoms with Crippen LogP contribution < -0.4 is 4.72 Å². The fourth-order valence-electron chi connectivity index (χ4n) is 1.03. The highest BCUT2D eigenvalue weighted by Crippen LogP contribution is 2.17. The lowest BCUT2D eigenvalue weighted by molar-refractivity contribution is -0.139. The van der Waals surface area contributed by atoms with E-state index in [-0.39, 0.29) is 18.9 Å². The summed E-state index contributed by atoms with van der Waals surface area (Å²) in [5.41, 5.74) is 0. The van der Waals surface area contributed by atoms with E-state index in [4.69, 9.17) is 0 Å². The molecule has 1 heterocycles. The molecule has 0 aromatic carbocycles. The van der Waals surface area contributed by atoms with E-state index in [1.807, 2.05) is 0 Å². The summed E-state index contributed by atoms with van der Waals surface area (Å²) < 4.78 is 28.6. The van der Waals surface area contributed by atoms with Crippen LogP contribution in [-0.4, -0.2) is 27.8 Å². The summed E-state index contributed by atoms with van der Waals surface area (Å²) in [5, 5.41) is 0. The predicted octanol–water partition coefficient (Wildman–Crippen LogP) is 0.513. The average Bonchev–Trinajstić information content (AvgIpc) is 2.61. The first-order chi connectivity index (χ1) is 7.40. The number of nitrogens with one attached hydrogen (secondary N) is 1. The maximum Gasteiger partial charge on any atom is 0.310 e. The van der Waals surface area contributed by atoms with Gasteiger partial charge in [-0.1, -0.05) is 0 Å². The quantitative estimate of drug-likeness (QED) is 0.786. The van der Waals surface area contributed by atoms with E-state index in [0.29, 0.717) is 0 Å². The number of hydrogen-bond acceptors (Lipinski definition) is 5.